The number of carbonyl (C=O) groups excluding carboxylic acids is 1. The first-order valence-electron chi connectivity index (χ1n) is 8.04. The van der Waals surface area contributed by atoms with Gasteiger partial charge in [0, 0.05) is 5.69 Å². The number of rotatable bonds is 6. The van der Waals surface area contributed by atoms with E-state index in [0.717, 1.165) is 5.56 Å². The van der Waals surface area contributed by atoms with Crippen LogP contribution in [0.2, 0.25) is 0 Å². The molecule has 0 atom stereocenters. The smallest absolute Gasteiger partial charge is 0.313 e. The average Bonchev–Trinajstić information content (AvgIpc) is 2.56. The van der Waals surface area contributed by atoms with Crippen molar-refractivity contribution in [2.24, 2.45) is 0 Å². The van der Waals surface area contributed by atoms with E-state index in [0.29, 0.717) is 17.0 Å². The van der Waals surface area contributed by atoms with Gasteiger partial charge in [-0.3, -0.25) is 9.59 Å². The molecule has 0 saturated carbocycles. The zero-order valence-corrected chi connectivity index (χ0v) is 14.9. The number of amides is 1. The molecule has 0 aliphatic rings. The van der Waals surface area contributed by atoms with Gasteiger partial charge < -0.3 is 15.2 Å². The molecule has 0 fully saturated rings. The molecule has 0 aromatic heterocycles. The Labute approximate surface area is 147 Å². The van der Waals surface area contributed by atoms with Gasteiger partial charge in [-0.2, -0.15) is 0 Å². The third-order valence-electron chi connectivity index (χ3n) is 4.27. The largest absolute Gasteiger partial charge is 0.484 e. The second-order valence-corrected chi connectivity index (χ2v) is 6.59. The van der Waals surface area contributed by atoms with Gasteiger partial charge in [-0.15, -0.1) is 0 Å². The molecular weight excluding hydrogens is 318 g/mol. The van der Waals surface area contributed by atoms with E-state index in [1.54, 1.807) is 38.1 Å². The lowest BCUT2D eigenvalue weighted by Crippen LogP contribution is -2.28. The minimum atomic E-state index is -0.977. The normalized spacial score (nSPS) is 11.0. The molecule has 0 aliphatic carbocycles. The number of aryl methyl sites for hydroxylation is 2. The first kappa shape index (κ1) is 18.5. The van der Waals surface area contributed by atoms with Crippen molar-refractivity contribution in [1.29, 1.82) is 0 Å². The fourth-order valence-electron chi connectivity index (χ4n) is 2.24. The first-order chi connectivity index (χ1) is 11.7. The van der Waals surface area contributed by atoms with Crippen LogP contribution in [0.5, 0.6) is 5.75 Å². The maximum Gasteiger partial charge on any atom is 0.313 e. The van der Waals surface area contributed by atoms with E-state index in [4.69, 9.17) is 4.74 Å². The van der Waals surface area contributed by atoms with E-state index in [9.17, 15) is 14.7 Å². The Hall–Kier alpha value is -2.82. The monoisotopic (exact) mass is 341 g/mol. The third kappa shape index (κ3) is 4.59. The highest BCUT2D eigenvalue weighted by molar-refractivity contribution is 5.92. The van der Waals surface area contributed by atoms with E-state index in [1.807, 2.05) is 32.0 Å². The molecule has 25 heavy (non-hydrogen) atoms. The number of aliphatic carboxylic acids is 1. The number of carboxylic acid groups (broad SMARTS) is 1. The summed E-state index contributed by atoms with van der Waals surface area (Å²) < 4.78 is 5.50. The van der Waals surface area contributed by atoms with Crippen molar-refractivity contribution in [2.75, 3.05) is 11.9 Å². The summed E-state index contributed by atoms with van der Waals surface area (Å²) in [5.41, 5.74) is 2.56. The first-order valence-corrected chi connectivity index (χ1v) is 8.04. The summed E-state index contributed by atoms with van der Waals surface area (Å²) in [5.74, 6) is -0.522. The number of hydrogen-bond donors (Lipinski definition) is 2. The summed E-state index contributed by atoms with van der Waals surface area (Å²) >= 11 is 0. The van der Waals surface area contributed by atoms with Crippen LogP contribution >= 0.6 is 0 Å². The van der Waals surface area contributed by atoms with Gasteiger partial charge in [-0.1, -0.05) is 18.2 Å². The molecular formula is C20H23NO4. The minimum absolute atomic E-state index is 0.0924. The van der Waals surface area contributed by atoms with E-state index < -0.39 is 11.4 Å². The fraction of sp³-hybridized carbons (Fsp3) is 0.300. The van der Waals surface area contributed by atoms with Crippen molar-refractivity contribution < 1.29 is 19.4 Å². The lowest BCUT2D eigenvalue weighted by molar-refractivity contribution is -0.142. The zero-order chi connectivity index (χ0) is 18.6. The molecule has 0 spiro atoms. The van der Waals surface area contributed by atoms with Crippen LogP contribution in [0.4, 0.5) is 5.69 Å². The van der Waals surface area contributed by atoms with Gasteiger partial charge in [-0.25, -0.2) is 0 Å². The maximum absolute atomic E-state index is 12.0. The molecule has 0 heterocycles. The number of carbonyl (C=O) groups is 2. The molecule has 0 bridgehead atoms. The minimum Gasteiger partial charge on any atom is -0.484 e. The molecule has 2 aromatic carbocycles. The highest BCUT2D eigenvalue weighted by atomic mass is 16.5. The van der Waals surface area contributed by atoms with Crippen LogP contribution in [-0.2, 0) is 15.0 Å². The zero-order valence-electron chi connectivity index (χ0n) is 14.9. The summed E-state index contributed by atoms with van der Waals surface area (Å²) in [6.45, 7) is 7.19. The summed E-state index contributed by atoms with van der Waals surface area (Å²) in [4.78, 5) is 23.3. The van der Waals surface area contributed by atoms with Gasteiger partial charge >= 0.3 is 5.97 Å². The lowest BCUT2D eigenvalue weighted by atomic mass is 9.85. The van der Waals surface area contributed by atoms with E-state index in [-0.39, 0.29) is 12.5 Å². The van der Waals surface area contributed by atoms with Gasteiger partial charge in [0.2, 0.25) is 0 Å². The van der Waals surface area contributed by atoms with Crippen LogP contribution < -0.4 is 10.1 Å². The van der Waals surface area contributed by atoms with Crippen LogP contribution in [0.1, 0.15) is 30.5 Å². The predicted molar refractivity (Wildman–Crippen MR) is 97.1 cm³/mol. The summed E-state index contributed by atoms with van der Waals surface area (Å²) in [6.07, 6.45) is 0. The van der Waals surface area contributed by atoms with Crippen LogP contribution in [0.25, 0.3) is 0 Å². The van der Waals surface area contributed by atoms with Crippen molar-refractivity contribution >= 4 is 17.6 Å². The van der Waals surface area contributed by atoms with Crippen molar-refractivity contribution in [3.63, 3.8) is 0 Å². The number of benzene rings is 2. The Bertz CT molecular complexity index is 779. The van der Waals surface area contributed by atoms with Crippen LogP contribution in [0, 0.1) is 13.8 Å². The Morgan fingerprint density at radius 3 is 2.24 bits per heavy atom. The SMILES string of the molecule is Cc1ccc(OCC(=O)Nc2ccc(C(C)(C)C(=O)O)cc2)cc1C. The quantitative estimate of drug-likeness (QED) is 0.840. The van der Waals surface area contributed by atoms with Gasteiger partial charge in [0.05, 0.1) is 5.41 Å². The van der Waals surface area contributed by atoms with Crippen LogP contribution in [0.3, 0.4) is 0 Å². The molecule has 0 saturated heterocycles. The molecule has 132 valence electrons. The Morgan fingerprint density at radius 1 is 1.04 bits per heavy atom. The van der Waals surface area contributed by atoms with Crippen LogP contribution in [0.15, 0.2) is 42.5 Å². The maximum atomic E-state index is 12.0. The van der Waals surface area contributed by atoms with Gasteiger partial charge in [-0.05, 0) is 68.7 Å². The highest BCUT2D eigenvalue weighted by Gasteiger charge is 2.29. The molecule has 1 amide bonds. The molecule has 2 rings (SSSR count). The molecule has 5 nitrogen and oxygen atoms in total. The molecule has 0 radical (unpaired) electrons. The Morgan fingerprint density at radius 2 is 1.68 bits per heavy atom. The van der Waals surface area contributed by atoms with Crippen molar-refractivity contribution in [1.82, 2.24) is 0 Å². The predicted octanol–water partition coefficient (Wildman–Crippen LogP) is 3.68. The van der Waals surface area contributed by atoms with Gasteiger partial charge in [0.15, 0.2) is 6.61 Å². The average molecular weight is 341 g/mol. The highest BCUT2D eigenvalue weighted by Crippen LogP contribution is 2.24. The Balaban J connectivity index is 1.94. The number of hydrogen-bond acceptors (Lipinski definition) is 3. The van der Waals surface area contributed by atoms with Crippen LogP contribution in [-0.4, -0.2) is 23.6 Å². The lowest BCUT2D eigenvalue weighted by Gasteiger charge is -2.19. The Kier molecular flexibility index (Phi) is 5.47. The molecule has 2 aromatic rings. The van der Waals surface area contributed by atoms with Gasteiger partial charge in [0.1, 0.15) is 5.75 Å². The molecule has 0 unspecified atom stereocenters. The molecule has 0 aliphatic heterocycles. The number of carboxylic acids is 1. The van der Waals surface area contributed by atoms with Crippen molar-refractivity contribution in [2.45, 2.75) is 33.1 Å². The molecule has 2 N–H and O–H groups in total. The van der Waals surface area contributed by atoms with Gasteiger partial charge in [0.25, 0.3) is 5.91 Å². The number of nitrogens with one attached hydrogen (secondary N) is 1. The third-order valence-corrected chi connectivity index (χ3v) is 4.27. The number of ether oxygens (including phenoxy) is 1. The van der Waals surface area contributed by atoms with Crippen molar-refractivity contribution in [3.8, 4) is 5.75 Å². The fourth-order valence-corrected chi connectivity index (χ4v) is 2.24. The second-order valence-electron chi connectivity index (χ2n) is 6.59. The van der Waals surface area contributed by atoms with E-state index in [1.165, 1.54) is 5.56 Å². The van der Waals surface area contributed by atoms with Crippen molar-refractivity contribution in [3.05, 3.63) is 59.2 Å². The molecule has 5 heteroatoms. The second kappa shape index (κ2) is 7.38. The van der Waals surface area contributed by atoms with E-state index in [2.05, 4.69) is 5.32 Å². The summed E-state index contributed by atoms with van der Waals surface area (Å²) in [6, 6.07) is 12.5. The van der Waals surface area contributed by atoms with E-state index >= 15 is 0 Å². The number of anilines is 1. The summed E-state index contributed by atoms with van der Waals surface area (Å²) in [7, 11) is 0. The topological polar surface area (TPSA) is 75.6 Å². The summed E-state index contributed by atoms with van der Waals surface area (Å²) in [5, 5.41) is 12.0. The standard InChI is InChI=1S/C20H23NO4/c1-13-5-10-17(11-14(13)2)25-12-18(22)21-16-8-6-15(7-9-16)20(3,4)19(23)24/h5-11H,12H2,1-4H3,(H,21,22)(H,23,24).